The number of hydrogen-bond acceptors (Lipinski definition) is 3. The van der Waals surface area contributed by atoms with E-state index in [4.69, 9.17) is 0 Å². The first-order chi connectivity index (χ1) is 3.79. The Morgan fingerprint density at radius 2 is 1.75 bits per heavy atom. The molecule has 1 rings (SSSR count). The first-order valence-corrected chi connectivity index (χ1v) is 6.94. The van der Waals surface area contributed by atoms with E-state index in [2.05, 4.69) is 4.74 Å². The molecular formula is C3H2I2O3-2. The zero-order valence-corrected chi connectivity index (χ0v) is 8.00. The molecule has 0 saturated carbocycles. The summed E-state index contributed by atoms with van der Waals surface area (Å²) in [6.45, 7) is 0. The first-order valence-electron chi connectivity index (χ1n) is 1.73. The molecule has 1 aliphatic rings. The summed E-state index contributed by atoms with van der Waals surface area (Å²) >= 11 is -0.817. The van der Waals surface area contributed by atoms with Crippen LogP contribution in [0, 0.1) is 0 Å². The van der Waals surface area contributed by atoms with Crippen molar-refractivity contribution < 1.29 is 56.7 Å². The van der Waals surface area contributed by atoms with Gasteiger partial charge in [-0.3, -0.25) is 0 Å². The molecule has 0 aromatic rings. The van der Waals surface area contributed by atoms with Crippen LogP contribution in [0.4, 0.5) is 9.59 Å². The van der Waals surface area contributed by atoms with Gasteiger partial charge in [-0.15, -0.1) is 0 Å². The molecule has 0 aromatic carbocycles. The van der Waals surface area contributed by atoms with Crippen LogP contribution in [0.15, 0.2) is 0 Å². The predicted octanol–water partition coefficient (Wildman–Crippen LogP) is -5.61. The van der Waals surface area contributed by atoms with E-state index in [-0.39, 0.29) is 7.95 Å². The van der Waals surface area contributed by atoms with E-state index in [1.807, 2.05) is 0 Å². The molecular weight excluding hydrogens is 338 g/mol. The van der Waals surface area contributed by atoms with Gasteiger partial charge in [-0.05, 0) is 0 Å². The molecule has 3 nitrogen and oxygen atoms in total. The molecule has 1 heterocycles. The standard InChI is InChI=1S/C3H2I2O3/c6-2-4-1-5-3(7)8-2/h1H2/q-2. The van der Waals surface area contributed by atoms with Gasteiger partial charge < -0.3 is 0 Å². The molecule has 0 spiro atoms. The van der Waals surface area contributed by atoms with Crippen molar-refractivity contribution in [1.29, 1.82) is 0 Å². The number of cyclic esters (lactones) is 2. The van der Waals surface area contributed by atoms with E-state index >= 15 is 0 Å². The molecule has 1 fully saturated rings. The summed E-state index contributed by atoms with van der Waals surface area (Å²) in [5.41, 5.74) is 0. The average Bonchev–Trinajstić information content (AvgIpc) is 1.64. The Bertz CT molecular complexity index is 118. The van der Waals surface area contributed by atoms with Crippen LogP contribution < -0.4 is 42.4 Å². The predicted molar refractivity (Wildman–Crippen MR) is 16.7 cm³/mol. The van der Waals surface area contributed by atoms with Crippen molar-refractivity contribution >= 4 is 7.95 Å². The van der Waals surface area contributed by atoms with Crippen molar-refractivity contribution in [1.82, 2.24) is 0 Å². The summed E-state index contributed by atoms with van der Waals surface area (Å²) < 4.78 is 4.68. The maximum absolute atomic E-state index is 10.3. The molecule has 48 valence electrons. The summed E-state index contributed by atoms with van der Waals surface area (Å²) in [4.78, 5) is 20.6. The molecule has 0 N–H and O–H groups in total. The molecule has 0 atom stereocenters. The van der Waals surface area contributed by atoms with Crippen LogP contribution in [-0.2, 0) is 4.74 Å². The van der Waals surface area contributed by atoms with Crippen molar-refractivity contribution in [3.05, 3.63) is 0 Å². The minimum atomic E-state index is -0.408. The number of carbonyl (C=O) groups excluding carboxylic acids is 2. The Hall–Kier alpha value is 0.600. The Morgan fingerprint density at radius 1 is 1.25 bits per heavy atom. The third-order valence-electron chi connectivity index (χ3n) is 0.480. The summed E-state index contributed by atoms with van der Waals surface area (Å²) in [5.74, 6) is 0. The minimum absolute atomic E-state index is 0.250. The number of rotatable bonds is 0. The van der Waals surface area contributed by atoms with E-state index in [9.17, 15) is 9.59 Å². The summed E-state index contributed by atoms with van der Waals surface area (Å²) in [5, 5.41) is 0. The molecule has 5 heteroatoms. The fourth-order valence-corrected chi connectivity index (χ4v) is 6.10. The second-order valence-corrected chi connectivity index (χ2v) is 8.68. The van der Waals surface area contributed by atoms with Gasteiger partial charge in [-0.25, -0.2) is 0 Å². The zero-order valence-electron chi connectivity index (χ0n) is 3.69. The monoisotopic (exact) mass is 340 g/mol. The molecule has 8 heavy (non-hydrogen) atoms. The van der Waals surface area contributed by atoms with Crippen molar-refractivity contribution in [2.75, 3.05) is 2.43 Å². The average molecular weight is 340 g/mol. The fraction of sp³-hybridized carbons (Fsp3) is 0.333. The van der Waals surface area contributed by atoms with Gasteiger partial charge in [0, 0.05) is 0 Å². The number of carbonyl (C=O) groups is 2. The summed E-state index contributed by atoms with van der Waals surface area (Å²) in [7, 11) is 0. The summed E-state index contributed by atoms with van der Waals surface area (Å²) in [6, 6.07) is 0. The zero-order chi connectivity index (χ0) is 5.98. The van der Waals surface area contributed by atoms with Gasteiger partial charge in [0.05, 0.1) is 0 Å². The second kappa shape index (κ2) is 2.95. The van der Waals surface area contributed by atoms with Crippen LogP contribution in [0.2, 0.25) is 0 Å². The summed E-state index contributed by atoms with van der Waals surface area (Å²) in [6.07, 6.45) is 0. The SMILES string of the molecule is O=C1OC(=O)[I-]C[I-]1. The molecule has 0 amide bonds. The first kappa shape index (κ1) is 6.72. The van der Waals surface area contributed by atoms with Crippen molar-refractivity contribution in [2.24, 2.45) is 0 Å². The maximum atomic E-state index is 10.3. The normalized spacial score (nSPS) is 22.5. The van der Waals surface area contributed by atoms with Gasteiger partial charge in [-0.2, -0.15) is 0 Å². The van der Waals surface area contributed by atoms with E-state index < -0.39 is 42.4 Å². The molecule has 0 radical (unpaired) electrons. The van der Waals surface area contributed by atoms with E-state index in [0.717, 1.165) is 2.43 Å². The quantitative estimate of drug-likeness (QED) is 0.191. The Morgan fingerprint density at radius 3 is 2.00 bits per heavy atom. The molecule has 0 aliphatic carbocycles. The van der Waals surface area contributed by atoms with Crippen molar-refractivity contribution in [3.63, 3.8) is 0 Å². The van der Waals surface area contributed by atoms with Gasteiger partial charge in [-0.1, -0.05) is 0 Å². The fourth-order valence-electron chi connectivity index (χ4n) is 0.225. The van der Waals surface area contributed by atoms with Crippen LogP contribution in [0.3, 0.4) is 0 Å². The topological polar surface area (TPSA) is 43.4 Å². The van der Waals surface area contributed by atoms with Crippen LogP contribution in [0.5, 0.6) is 0 Å². The Labute approximate surface area is 66.7 Å². The van der Waals surface area contributed by atoms with Gasteiger partial charge in [0.2, 0.25) is 0 Å². The van der Waals surface area contributed by atoms with E-state index in [1.54, 1.807) is 0 Å². The van der Waals surface area contributed by atoms with E-state index in [1.165, 1.54) is 0 Å². The number of alkyl halides is 2. The van der Waals surface area contributed by atoms with Gasteiger partial charge in [0.1, 0.15) is 0 Å². The van der Waals surface area contributed by atoms with Crippen molar-refractivity contribution in [2.45, 2.75) is 0 Å². The third kappa shape index (κ3) is 1.84. The number of halogens is 2. The third-order valence-corrected chi connectivity index (χ3v) is 6.61. The number of hydrogen-bond donors (Lipinski definition) is 0. The van der Waals surface area contributed by atoms with Crippen molar-refractivity contribution in [3.8, 4) is 0 Å². The van der Waals surface area contributed by atoms with Crippen LogP contribution in [0.1, 0.15) is 0 Å². The van der Waals surface area contributed by atoms with Crippen LogP contribution in [-0.4, -0.2) is 10.4 Å². The molecule has 1 aliphatic heterocycles. The molecule has 0 unspecified atom stereocenters. The van der Waals surface area contributed by atoms with Gasteiger partial charge >= 0.3 is 67.1 Å². The Kier molecular flexibility index (Phi) is 2.47. The van der Waals surface area contributed by atoms with E-state index in [0.29, 0.717) is 0 Å². The van der Waals surface area contributed by atoms with Crippen LogP contribution in [0.25, 0.3) is 0 Å². The number of ether oxygens (including phenoxy) is 1. The molecule has 1 saturated heterocycles. The van der Waals surface area contributed by atoms with Gasteiger partial charge in [0.25, 0.3) is 0 Å². The molecule has 0 bridgehead atoms. The second-order valence-electron chi connectivity index (χ2n) is 0.946. The van der Waals surface area contributed by atoms with Gasteiger partial charge in [0.15, 0.2) is 0 Å². The molecule has 0 aromatic heterocycles. The Balaban J connectivity index is 2.45. The van der Waals surface area contributed by atoms with Crippen LogP contribution >= 0.6 is 0 Å².